The van der Waals surface area contributed by atoms with Crippen LogP contribution in [0.15, 0.2) is 41.8 Å². The predicted molar refractivity (Wildman–Crippen MR) is 156 cm³/mol. The van der Waals surface area contributed by atoms with Crippen LogP contribution in [0.5, 0.6) is 0 Å². The molecule has 0 saturated heterocycles. The van der Waals surface area contributed by atoms with Gasteiger partial charge in [0.05, 0.1) is 23.6 Å². The summed E-state index contributed by atoms with van der Waals surface area (Å²) in [5.41, 5.74) is 8.31. The van der Waals surface area contributed by atoms with Crippen LogP contribution >= 0.6 is 24.8 Å². The number of aliphatic imine (C=N–C) groups is 1. The van der Waals surface area contributed by atoms with Gasteiger partial charge in [-0.15, -0.1) is 24.8 Å². The van der Waals surface area contributed by atoms with E-state index in [1.165, 1.54) is 0 Å². The van der Waals surface area contributed by atoms with E-state index in [-0.39, 0.29) is 48.6 Å². The quantitative estimate of drug-likeness (QED) is 0.235. The molecule has 0 bridgehead atoms. The monoisotopic (exact) mass is 580 g/mol. The Labute approximate surface area is 238 Å². The second-order valence-corrected chi connectivity index (χ2v) is 9.04. The highest BCUT2D eigenvalue weighted by Crippen LogP contribution is 2.19. The first-order chi connectivity index (χ1) is 17.6. The highest BCUT2D eigenvalue weighted by Gasteiger charge is 2.19. The number of amides is 3. The molecule has 1 atom stereocenters. The molecule has 0 aliphatic carbocycles. The molecule has 39 heavy (non-hydrogen) atoms. The first-order valence-electron chi connectivity index (χ1n) is 11.8. The zero-order valence-electron chi connectivity index (χ0n) is 22.1. The molecule has 0 spiro atoms. The van der Waals surface area contributed by atoms with Crippen LogP contribution in [0.2, 0.25) is 0 Å². The summed E-state index contributed by atoms with van der Waals surface area (Å²) in [6.45, 7) is 3.90. The van der Waals surface area contributed by atoms with Gasteiger partial charge in [0.25, 0.3) is 17.7 Å². The van der Waals surface area contributed by atoms with Crippen LogP contribution in [0, 0.1) is 0 Å². The van der Waals surface area contributed by atoms with Crippen LogP contribution in [-0.4, -0.2) is 63.1 Å². The third-order valence-electron chi connectivity index (χ3n) is 5.88. The molecule has 7 N–H and O–H groups in total. The molecule has 3 amide bonds. The van der Waals surface area contributed by atoms with E-state index in [0.29, 0.717) is 40.7 Å². The van der Waals surface area contributed by atoms with Crippen molar-refractivity contribution in [3.8, 4) is 0 Å². The minimum atomic E-state index is -0.383. The summed E-state index contributed by atoms with van der Waals surface area (Å²) >= 11 is 0. The lowest BCUT2D eigenvalue weighted by Crippen LogP contribution is -2.45. The van der Waals surface area contributed by atoms with Gasteiger partial charge in [0.15, 0.2) is 5.96 Å². The maximum absolute atomic E-state index is 12.9. The number of carbonyl (C=O) groups is 3. The molecule has 1 unspecified atom stereocenters. The Morgan fingerprint density at radius 2 is 1.41 bits per heavy atom. The second kappa shape index (κ2) is 13.1. The summed E-state index contributed by atoms with van der Waals surface area (Å²) in [6.07, 6.45) is 4.95. The Morgan fingerprint density at radius 3 is 1.90 bits per heavy atom. The number of carbonyl (C=O) groups excluding carboxylic acids is 3. The van der Waals surface area contributed by atoms with E-state index in [2.05, 4.69) is 31.6 Å². The molecule has 3 aromatic rings. The number of aromatic nitrogens is 3. The number of nitrogen functional groups attached to an aromatic ring is 1. The van der Waals surface area contributed by atoms with Gasteiger partial charge in [-0.1, -0.05) is 0 Å². The summed E-state index contributed by atoms with van der Waals surface area (Å²) < 4.78 is 4.88. The number of halogens is 2. The fourth-order valence-corrected chi connectivity index (χ4v) is 4.04. The summed E-state index contributed by atoms with van der Waals surface area (Å²) in [7, 11) is 5.16. The van der Waals surface area contributed by atoms with Crippen molar-refractivity contribution in [3.63, 3.8) is 0 Å². The first-order valence-corrected chi connectivity index (χ1v) is 11.8. The number of guanidine groups is 1. The minimum absolute atomic E-state index is 0. The fourth-order valence-electron chi connectivity index (χ4n) is 4.04. The maximum Gasteiger partial charge on any atom is 0.272 e. The van der Waals surface area contributed by atoms with E-state index < -0.39 is 0 Å². The Bertz CT molecular complexity index is 1370. The van der Waals surface area contributed by atoms with Crippen molar-refractivity contribution in [2.45, 2.75) is 13.0 Å². The average molecular weight is 582 g/mol. The standard InChI is InChI=1S/C24H32N10O3.2ClH/c1-14(29-24-26-5-6-27-24)10-28-21(35)19-8-16(12-33(19)3)31-23(37)20-9-17(13-34(20)4)30-22(36)18-7-15(25)11-32(18)2;;/h7-9,11-14H,5-6,10,25H2,1-4H3,(H,28,35)(H,30,36)(H,31,37)(H2,26,27,29);2*1H. The van der Waals surface area contributed by atoms with Crippen molar-refractivity contribution < 1.29 is 14.4 Å². The van der Waals surface area contributed by atoms with Crippen LogP contribution in [0.4, 0.5) is 17.1 Å². The second-order valence-electron chi connectivity index (χ2n) is 9.04. The van der Waals surface area contributed by atoms with Crippen molar-refractivity contribution >= 4 is 65.6 Å². The molecule has 4 heterocycles. The third kappa shape index (κ3) is 7.48. The summed E-state index contributed by atoms with van der Waals surface area (Å²) in [5.74, 6) is -0.249. The lowest BCUT2D eigenvalue weighted by molar-refractivity contribution is 0.0941. The molecule has 0 aromatic carbocycles. The van der Waals surface area contributed by atoms with Crippen LogP contribution < -0.4 is 32.3 Å². The molecule has 0 radical (unpaired) electrons. The Morgan fingerprint density at radius 1 is 0.897 bits per heavy atom. The van der Waals surface area contributed by atoms with Gasteiger partial charge in [0, 0.05) is 58.9 Å². The smallest absolute Gasteiger partial charge is 0.272 e. The van der Waals surface area contributed by atoms with E-state index >= 15 is 0 Å². The molecule has 1 aliphatic rings. The molecule has 0 fully saturated rings. The van der Waals surface area contributed by atoms with E-state index in [1.54, 1.807) is 71.6 Å². The minimum Gasteiger partial charge on any atom is -0.397 e. The van der Waals surface area contributed by atoms with Gasteiger partial charge in [-0.25, -0.2) is 0 Å². The number of nitrogens with two attached hydrogens (primary N) is 1. The van der Waals surface area contributed by atoms with Gasteiger partial charge < -0.3 is 46.0 Å². The molecule has 13 nitrogen and oxygen atoms in total. The van der Waals surface area contributed by atoms with Crippen molar-refractivity contribution in [2.75, 3.05) is 36.0 Å². The molecule has 0 saturated carbocycles. The van der Waals surface area contributed by atoms with E-state index in [0.717, 1.165) is 19.0 Å². The van der Waals surface area contributed by atoms with E-state index in [1.807, 2.05) is 6.92 Å². The van der Waals surface area contributed by atoms with Crippen molar-refractivity contribution in [2.24, 2.45) is 26.1 Å². The maximum atomic E-state index is 12.9. The first kappa shape index (κ1) is 31.1. The van der Waals surface area contributed by atoms with Crippen LogP contribution in [0.3, 0.4) is 0 Å². The number of nitrogens with zero attached hydrogens (tertiary/aromatic N) is 4. The van der Waals surface area contributed by atoms with Crippen molar-refractivity contribution in [1.29, 1.82) is 0 Å². The largest absolute Gasteiger partial charge is 0.397 e. The van der Waals surface area contributed by atoms with E-state index in [4.69, 9.17) is 5.73 Å². The number of anilines is 3. The number of aryl methyl sites for hydroxylation is 3. The lowest BCUT2D eigenvalue weighted by Gasteiger charge is -2.16. The van der Waals surface area contributed by atoms with E-state index in [9.17, 15) is 14.4 Å². The van der Waals surface area contributed by atoms with Crippen LogP contribution in [0.1, 0.15) is 38.4 Å². The number of rotatable bonds is 8. The van der Waals surface area contributed by atoms with Gasteiger partial charge in [-0.05, 0) is 25.1 Å². The van der Waals surface area contributed by atoms with Crippen LogP contribution in [0.25, 0.3) is 0 Å². The highest BCUT2D eigenvalue weighted by molar-refractivity contribution is 6.07. The molecule has 4 rings (SSSR count). The third-order valence-corrected chi connectivity index (χ3v) is 5.88. The molecule has 1 aliphatic heterocycles. The molecular formula is C24H34Cl2N10O3. The molecule has 212 valence electrons. The predicted octanol–water partition coefficient (Wildman–Crippen LogP) is 1.30. The van der Waals surface area contributed by atoms with Gasteiger partial charge >= 0.3 is 0 Å². The lowest BCUT2D eigenvalue weighted by atomic mass is 10.3. The fraction of sp³-hybridized carbons (Fsp3) is 0.333. The van der Waals surface area contributed by atoms with Gasteiger partial charge in [-0.3, -0.25) is 19.4 Å². The average Bonchev–Trinajstić information content (AvgIpc) is 3.61. The summed E-state index contributed by atoms with van der Waals surface area (Å²) in [5, 5.41) is 14.8. The number of nitrogens with one attached hydrogen (secondary N) is 5. The van der Waals surface area contributed by atoms with Gasteiger partial charge in [-0.2, -0.15) is 0 Å². The van der Waals surface area contributed by atoms with Gasteiger partial charge in [0.2, 0.25) is 0 Å². The summed E-state index contributed by atoms with van der Waals surface area (Å²) in [4.78, 5) is 42.5. The zero-order valence-corrected chi connectivity index (χ0v) is 23.7. The van der Waals surface area contributed by atoms with Crippen LogP contribution in [-0.2, 0) is 21.1 Å². The Hall–Kier alpha value is -4.10. The molecular weight excluding hydrogens is 547 g/mol. The molecule has 15 heteroatoms. The number of hydrogen-bond donors (Lipinski definition) is 6. The summed E-state index contributed by atoms with van der Waals surface area (Å²) in [6, 6.07) is 4.75. The highest BCUT2D eigenvalue weighted by atomic mass is 35.5. The van der Waals surface area contributed by atoms with Crippen molar-refractivity contribution in [3.05, 3.63) is 53.9 Å². The zero-order chi connectivity index (χ0) is 26.7. The topological polar surface area (TPSA) is 165 Å². The Balaban J connectivity index is 0.00000267. The van der Waals surface area contributed by atoms with Gasteiger partial charge in [0.1, 0.15) is 17.1 Å². The normalized spacial score (nSPS) is 12.8. The van der Waals surface area contributed by atoms with Crippen molar-refractivity contribution in [1.82, 2.24) is 29.7 Å². The molecule has 3 aromatic heterocycles. The number of hydrogen-bond acceptors (Lipinski definition) is 7. The Kier molecular flexibility index (Phi) is 10.5. The SMILES string of the molecule is CC(CNC(=O)c1cc(NC(=O)c2cc(NC(=O)c3cc(N)cn3C)cn2C)cn1C)NC1=NCCN1.Cl.Cl.